The zero-order valence-corrected chi connectivity index (χ0v) is 65.5. The molecule has 91 heavy (non-hydrogen) atoms. The summed E-state index contributed by atoms with van der Waals surface area (Å²) in [7, 11) is 10.6. The lowest BCUT2D eigenvalue weighted by Crippen LogP contribution is -2.34. The zero-order chi connectivity index (χ0) is 66.3. The highest BCUT2D eigenvalue weighted by Crippen LogP contribution is 2.49. The predicted molar refractivity (Wildman–Crippen MR) is 406 cm³/mol. The topological polar surface area (TPSA) is 133 Å². The molecule has 0 amide bonds. The highest BCUT2D eigenvalue weighted by atomic mass is 33.1. The summed E-state index contributed by atoms with van der Waals surface area (Å²) in [5.41, 5.74) is 0. The van der Waals surface area contributed by atoms with E-state index in [4.69, 9.17) is 27.8 Å². The molecule has 0 aliphatic carbocycles. The molecule has 0 aromatic heterocycles. The summed E-state index contributed by atoms with van der Waals surface area (Å²) in [5, 5.41) is 0. The standard InChI is InChI=1S/C71H142N3O10PS6/c1-7-12-15-18-21-24-30-39-63-86-89-66-42-33-27-36-59-79-69(75)48-56-73(55-47-62-84-85(78,82-10-4)83-11-5)53-45-51-72(6)52-46-54-74(57-49-70(76)80-60-37-28-34-43-67-90-87-64-40-31-25-22-19-16-13-8-2)58-50-71(77)81-61-38-29-35-44-68-91-88-65-41-32-26-23-20-17-14-9-3/h7-68H2,1-6H3. The van der Waals surface area contributed by atoms with Crippen molar-refractivity contribution >= 4 is 90.5 Å². The Morgan fingerprint density at radius 3 is 0.824 bits per heavy atom. The van der Waals surface area contributed by atoms with Crippen LogP contribution in [-0.4, -0.2) is 166 Å². The normalized spacial score (nSPS) is 11.9. The number of carbonyl (C=O) groups excluding carboxylic acids is 3. The number of phosphoric ester groups is 1. The molecule has 0 aliphatic rings. The van der Waals surface area contributed by atoms with E-state index in [0.29, 0.717) is 71.7 Å². The van der Waals surface area contributed by atoms with E-state index in [1.54, 1.807) is 13.8 Å². The first-order valence-corrected chi connectivity index (χ1v) is 46.4. The van der Waals surface area contributed by atoms with E-state index < -0.39 is 7.82 Å². The molecule has 0 spiro atoms. The van der Waals surface area contributed by atoms with Gasteiger partial charge in [-0.25, -0.2) is 4.57 Å². The summed E-state index contributed by atoms with van der Waals surface area (Å²) in [6.07, 6.45) is 49.2. The molecule has 0 aromatic rings. The highest BCUT2D eigenvalue weighted by molar-refractivity contribution is 8.77. The Kier molecular flexibility index (Phi) is 75.1. The van der Waals surface area contributed by atoms with Crippen LogP contribution in [0.15, 0.2) is 0 Å². The fourth-order valence-electron chi connectivity index (χ4n) is 10.4. The lowest BCUT2D eigenvalue weighted by atomic mass is 10.1. The largest absolute Gasteiger partial charge is 0.474 e. The summed E-state index contributed by atoms with van der Waals surface area (Å²) >= 11 is 0. The molecule has 0 rings (SSSR count). The van der Waals surface area contributed by atoms with Gasteiger partial charge in [0.25, 0.3) is 0 Å². The molecule has 542 valence electrons. The number of rotatable bonds is 77. The number of hydrogen-bond donors (Lipinski definition) is 0. The minimum Gasteiger partial charge on any atom is -0.466 e. The van der Waals surface area contributed by atoms with Gasteiger partial charge in [0.2, 0.25) is 0 Å². The van der Waals surface area contributed by atoms with Gasteiger partial charge in [-0.1, -0.05) is 259 Å². The van der Waals surface area contributed by atoms with Crippen molar-refractivity contribution in [3.8, 4) is 0 Å². The molecule has 0 aliphatic heterocycles. The molecule has 0 fully saturated rings. The van der Waals surface area contributed by atoms with Crippen molar-refractivity contribution in [1.29, 1.82) is 0 Å². The number of unbranched alkanes of at least 4 members (excludes halogenated alkanes) is 30. The summed E-state index contributed by atoms with van der Waals surface area (Å²) in [5.74, 6) is 6.81. The van der Waals surface area contributed by atoms with Gasteiger partial charge >= 0.3 is 25.7 Å². The second-order valence-corrected chi connectivity index (χ2v) is 34.4. The van der Waals surface area contributed by atoms with Gasteiger partial charge < -0.3 is 28.9 Å². The van der Waals surface area contributed by atoms with E-state index in [9.17, 15) is 18.9 Å². The first-order valence-electron chi connectivity index (χ1n) is 37.5. The monoisotopic (exact) mass is 1420 g/mol. The third-order valence-corrected chi connectivity index (χ3v) is 25.4. The van der Waals surface area contributed by atoms with Crippen LogP contribution in [0.25, 0.3) is 0 Å². The van der Waals surface area contributed by atoms with Crippen LogP contribution in [0, 0.1) is 0 Å². The fourth-order valence-corrected chi connectivity index (χ4v) is 18.5. The first-order chi connectivity index (χ1) is 44.6. The Morgan fingerprint density at radius 1 is 0.286 bits per heavy atom. The Morgan fingerprint density at radius 2 is 0.538 bits per heavy atom. The maximum atomic E-state index is 13.0. The third-order valence-electron chi connectivity index (χ3n) is 16.0. The van der Waals surface area contributed by atoms with E-state index >= 15 is 0 Å². The van der Waals surface area contributed by atoms with E-state index in [1.807, 2.05) is 64.8 Å². The molecule has 0 atom stereocenters. The summed E-state index contributed by atoms with van der Waals surface area (Å²) in [4.78, 5) is 45.8. The molecule has 0 radical (unpaired) electrons. The zero-order valence-electron chi connectivity index (χ0n) is 59.7. The molecule has 0 aromatic carbocycles. The molecule has 20 heteroatoms. The number of esters is 3. The van der Waals surface area contributed by atoms with Crippen LogP contribution in [0.2, 0.25) is 0 Å². The number of phosphoric acid groups is 1. The molecule has 0 saturated heterocycles. The smallest absolute Gasteiger partial charge is 0.466 e. The van der Waals surface area contributed by atoms with Crippen LogP contribution in [0.4, 0.5) is 0 Å². The Hall–Kier alpha value is 0.500. The molecule has 13 nitrogen and oxygen atoms in total. The molecule has 0 heterocycles. The van der Waals surface area contributed by atoms with Crippen LogP contribution in [0.1, 0.15) is 304 Å². The average molecular weight is 1420 g/mol. The summed E-state index contributed by atoms with van der Waals surface area (Å²) < 4.78 is 46.4. The lowest BCUT2D eigenvalue weighted by molar-refractivity contribution is -0.145. The van der Waals surface area contributed by atoms with Gasteiger partial charge in [-0.2, -0.15) is 0 Å². The van der Waals surface area contributed by atoms with Gasteiger partial charge in [-0.3, -0.25) is 28.0 Å². The van der Waals surface area contributed by atoms with Crippen molar-refractivity contribution in [2.75, 3.05) is 134 Å². The minimum absolute atomic E-state index is 0.169. The van der Waals surface area contributed by atoms with Crippen molar-refractivity contribution in [3.63, 3.8) is 0 Å². The van der Waals surface area contributed by atoms with E-state index in [-0.39, 0.29) is 37.7 Å². The van der Waals surface area contributed by atoms with Crippen LogP contribution >= 0.6 is 72.6 Å². The second kappa shape index (κ2) is 74.7. The first kappa shape index (κ1) is 91.5. The SMILES string of the molecule is CCCCCCCCCCSSCCCCCCOC(=O)CCN(CCCOP(=O)(OCC)OCC)CCCN(C)CCCN(CCC(=O)OCCCCCCSSCCCCCCCCCC)CCC(=O)OCCCCCCSSCCCCCCCCCC. The molecule has 0 unspecified atom stereocenters. The molecule has 0 bridgehead atoms. The van der Waals surface area contributed by atoms with Crippen LogP contribution in [-0.2, 0) is 46.7 Å². The van der Waals surface area contributed by atoms with Crippen molar-refractivity contribution in [2.45, 2.75) is 304 Å². The van der Waals surface area contributed by atoms with Crippen molar-refractivity contribution in [2.24, 2.45) is 0 Å². The second-order valence-electron chi connectivity index (χ2n) is 24.7. The van der Waals surface area contributed by atoms with Crippen molar-refractivity contribution in [1.82, 2.24) is 14.7 Å². The average Bonchev–Trinajstić information content (AvgIpc) is 3.68. The van der Waals surface area contributed by atoms with Gasteiger partial charge in [0.05, 0.1) is 58.9 Å². The van der Waals surface area contributed by atoms with Crippen LogP contribution in [0.3, 0.4) is 0 Å². The summed E-state index contributed by atoms with van der Waals surface area (Å²) in [6, 6.07) is 0. The van der Waals surface area contributed by atoms with Crippen LogP contribution in [0.5, 0.6) is 0 Å². The molecule has 0 N–H and O–H groups in total. The maximum Gasteiger partial charge on any atom is 0.474 e. The Labute approximate surface area is 585 Å². The van der Waals surface area contributed by atoms with Gasteiger partial charge in [0.15, 0.2) is 0 Å². The minimum atomic E-state index is -3.61. The lowest BCUT2D eigenvalue weighted by Gasteiger charge is -2.25. The number of ether oxygens (including phenoxy) is 3. The Bertz CT molecular complexity index is 1530. The van der Waals surface area contributed by atoms with Gasteiger partial charge in [0.1, 0.15) is 0 Å². The third kappa shape index (κ3) is 70.2. The van der Waals surface area contributed by atoms with Crippen molar-refractivity contribution in [3.05, 3.63) is 0 Å². The van der Waals surface area contributed by atoms with Crippen LogP contribution < -0.4 is 0 Å². The molecular formula is C71H142N3O10PS6. The van der Waals surface area contributed by atoms with E-state index in [1.165, 1.54) is 208 Å². The summed E-state index contributed by atoms with van der Waals surface area (Å²) in [6.45, 7) is 18.0. The van der Waals surface area contributed by atoms with Gasteiger partial charge in [-0.15, -0.1) is 0 Å². The number of carbonyl (C=O) groups is 3. The van der Waals surface area contributed by atoms with Gasteiger partial charge in [-0.05, 0) is 124 Å². The van der Waals surface area contributed by atoms with Crippen molar-refractivity contribution < 1.29 is 46.7 Å². The molecular weight excluding hydrogens is 1280 g/mol. The van der Waals surface area contributed by atoms with E-state index in [0.717, 1.165) is 96.8 Å². The number of nitrogens with zero attached hydrogens (tertiary/aromatic N) is 3. The van der Waals surface area contributed by atoms with E-state index in [2.05, 4.69) is 42.5 Å². The quantitative estimate of drug-likeness (QED) is 0.0188. The van der Waals surface area contributed by atoms with Gasteiger partial charge in [0, 0.05) is 60.7 Å². The Balaban J connectivity index is 4.98. The molecule has 0 saturated carbocycles. The fraction of sp³-hybridized carbons (Fsp3) is 0.958. The maximum absolute atomic E-state index is 13.0. The predicted octanol–water partition coefficient (Wildman–Crippen LogP) is 21.9. The highest BCUT2D eigenvalue weighted by Gasteiger charge is 2.25. The number of hydrogen-bond acceptors (Lipinski definition) is 19.